The van der Waals surface area contributed by atoms with E-state index in [2.05, 4.69) is 24.1 Å². The third-order valence-corrected chi connectivity index (χ3v) is 4.42. The molecule has 0 radical (unpaired) electrons. The Hall–Kier alpha value is -0.570. The first-order chi connectivity index (χ1) is 8.57. The Morgan fingerprint density at radius 1 is 1.39 bits per heavy atom. The van der Waals surface area contributed by atoms with E-state index in [4.69, 9.17) is 0 Å². The summed E-state index contributed by atoms with van der Waals surface area (Å²) < 4.78 is 0. The van der Waals surface area contributed by atoms with Gasteiger partial charge in [0.05, 0.1) is 0 Å². The van der Waals surface area contributed by atoms with Crippen LogP contribution in [0.25, 0.3) is 0 Å². The minimum atomic E-state index is 0.320. The summed E-state index contributed by atoms with van der Waals surface area (Å²) >= 11 is 0. The van der Waals surface area contributed by atoms with Gasteiger partial charge in [-0.3, -0.25) is 4.79 Å². The Kier molecular flexibility index (Phi) is 4.66. The van der Waals surface area contributed by atoms with Gasteiger partial charge in [0.1, 0.15) is 0 Å². The van der Waals surface area contributed by atoms with Crippen LogP contribution in [0.2, 0.25) is 0 Å². The molecule has 1 N–H and O–H groups in total. The van der Waals surface area contributed by atoms with Crippen LogP contribution in [0.4, 0.5) is 0 Å². The van der Waals surface area contributed by atoms with E-state index < -0.39 is 0 Å². The van der Waals surface area contributed by atoms with Gasteiger partial charge in [-0.1, -0.05) is 13.8 Å². The molecule has 0 spiro atoms. The molecule has 2 heterocycles. The van der Waals surface area contributed by atoms with E-state index in [1.807, 2.05) is 0 Å². The number of carbonyl (C=O) groups is 1. The second-order valence-electron chi connectivity index (χ2n) is 6.83. The highest BCUT2D eigenvalue weighted by Crippen LogP contribution is 2.29. The lowest BCUT2D eigenvalue weighted by molar-refractivity contribution is -0.134. The zero-order valence-corrected chi connectivity index (χ0v) is 12.0. The molecular weight excluding hydrogens is 224 g/mol. The first-order valence-electron chi connectivity index (χ1n) is 7.55. The van der Waals surface area contributed by atoms with E-state index >= 15 is 0 Å². The van der Waals surface area contributed by atoms with Crippen LogP contribution in [0.3, 0.4) is 0 Å². The molecule has 0 aromatic rings. The van der Waals surface area contributed by atoms with Crippen molar-refractivity contribution in [3.05, 3.63) is 0 Å². The normalized spacial score (nSPS) is 28.1. The van der Waals surface area contributed by atoms with E-state index in [9.17, 15) is 4.79 Å². The highest BCUT2D eigenvalue weighted by atomic mass is 16.2. The van der Waals surface area contributed by atoms with E-state index in [1.54, 1.807) is 0 Å². The number of amides is 1. The quantitative estimate of drug-likeness (QED) is 0.836. The summed E-state index contributed by atoms with van der Waals surface area (Å²) in [5.74, 6) is 1.11. The molecular formula is C15H28N2O. The molecule has 2 aliphatic rings. The third kappa shape index (κ3) is 3.98. The predicted molar refractivity (Wildman–Crippen MR) is 74.4 cm³/mol. The van der Waals surface area contributed by atoms with Crippen molar-refractivity contribution in [2.24, 2.45) is 11.3 Å². The predicted octanol–water partition coefficient (Wildman–Crippen LogP) is 2.41. The molecule has 104 valence electrons. The van der Waals surface area contributed by atoms with E-state index in [0.717, 1.165) is 44.9 Å². The van der Waals surface area contributed by atoms with Crippen molar-refractivity contribution in [1.82, 2.24) is 10.2 Å². The molecule has 0 saturated carbocycles. The zero-order chi connectivity index (χ0) is 13.0. The fourth-order valence-electron chi connectivity index (χ4n) is 3.29. The van der Waals surface area contributed by atoms with Gasteiger partial charge < -0.3 is 10.2 Å². The van der Waals surface area contributed by atoms with Crippen molar-refractivity contribution in [1.29, 1.82) is 0 Å². The number of nitrogens with zero attached hydrogens (tertiary/aromatic N) is 1. The van der Waals surface area contributed by atoms with E-state index in [-0.39, 0.29) is 0 Å². The van der Waals surface area contributed by atoms with Crippen molar-refractivity contribution in [3.8, 4) is 0 Å². The molecule has 3 heteroatoms. The van der Waals surface area contributed by atoms with Crippen molar-refractivity contribution < 1.29 is 4.79 Å². The Morgan fingerprint density at radius 3 is 2.89 bits per heavy atom. The first kappa shape index (κ1) is 13.9. The Bertz CT molecular complexity index is 282. The van der Waals surface area contributed by atoms with E-state index in [0.29, 0.717) is 11.3 Å². The maximum absolute atomic E-state index is 12.2. The van der Waals surface area contributed by atoms with Crippen LogP contribution < -0.4 is 5.32 Å². The summed E-state index contributed by atoms with van der Waals surface area (Å²) in [7, 11) is 0. The SMILES string of the molecule is CC1(C)CCCN(C(=O)CCC2CCCNC2)C1. The summed E-state index contributed by atoms with van der Waals surface area (Å²) in [6, 6.07) is 0. The Labute approximate surface area is 111 Å². The molecule has 2 aliphatic heterocycles. The second-order valence-corrected chi connectivity index (χ2v) is 6.83. The van der Waals surface area contributed by atoms with Gasteiger partial charge in [-0.2, -0.15) is 0 Å². The second kappa shape index (κ2) is 6.05. The van der Waals surface area contributed by atoms with Gasteiger partial charge in [-0.15, -0.1) is 0 Å². The Balaban J connectivity index is 1.73. The maximum atomic E-state index is 12.2. The Morgan fingerprint density at radius 2 is 2.22 bits per heavy atom. The number of carbonyl (C=O) groups excluding carboxylic acids is 1. The van der Waals surface area contributed by atoms with Gasteiger partial charge in [0.25, 0.3) is 0 Å². The highest BCUT2D eigenvalue weighted by Gasteiger charge is 2.29. The lowest BCUT2D eigenvalue weighted by Gasteiger charge is -2.38. The summed E-state index contributed by atoms with van der Waals surface area (Å²) in [5, 5.41) is 3.43. The van der Waals surface area contributed by atoms with E-state index in [1.165, 1.54) is 25.7 Å². The van der Waals surface area contributed by atoms with Crippen LogP contribution >= 0.6 is 0 Å². The number of rotatable bonds is 3. The molecule has 2 rings (SSSR count). The molecule has 3 nitrogen and oxygen atoms in total. The summed E-state index contributed by atoms with van der Waals surface area (Å²) in [5.41, 5.74) is 0.320. The smallest absolute Gasteiger partial charge is 0.222 e. The van der Waals surface area contributed by atoms with Crippen LogP contribution in [-0.2, 0) is 4.79 Å². The molecule has 2 saturated heterocycles. The van der Waals surface area contributed by atoms with Crippen LogP contribution in [0.5, 0.6) is 0 Å². The molecule has 0 aromatic carbocycles. The molecule has 1 amide bonds. The van der Waals surface area contributed by atoms with Crippen molar-refractivity contribution >= 4 is 5.91 Å². The van der Waals surface area contributed by atoms with Crippen LogP contribution in [0.15, 0.2) is 0 Å². The minimum Gasteiger partial charge on any atom is -0.342 e. The van der Waals surface area contributed by atoms with Gasteiger partial charge in [0.2, 0.25) is 5.91 Å². The molecule has 1 unspecified atom stereocenters. The highest BCUT2D eigenvalue weighted by molar-refractivity contribution is 5.76. The van der Waals surface area contributed by atoms with Crippen molar-refractivity contribution in [2.75, 3.05) is 26.2 Å². The summed E-state index contributed by atoms with van der Waals surface area (Å²) in [4.78, 5) is 14.3. The lowest BCUT2D eigenvalue weighted by atomic mass is 9.84. The van der Waals surface area contributed by atoms with Crippen LogP contribution in [-0.4, -0.2) is 37.0 Å². The van der Waals surface area contributed by atoms with Gasteiger partial charge in [0, 0.05) is 19.5 Å². The van der Waals surface area contributed by atoms with Crippen LogP contribution in [0.1, 0.15) is 52.4 Å². The van der Waals surface area contributed by atoms with Crippen LogP contribution in [0, 0.1) is 11.3 Å². The molecule has 0 bridgehead atoms. The van der Waals surface area contributed by atoms with Crippen molar-refractivity contribution in [2.45, 2.75) is 52.4 Å². The standard InChI is InChI=1S/C15H28N2O/c1-15(2)8-4-10-17(12-15)14(18)7-6-13-5-3-9-16-11-13/h13,16H,3-12H2,1-2H3. The largest absolute Gasteiger partial charge is 0.342 e. The monoisotopic (exact) mass is 252 g/mol. The number of hydrogen-bond donors (Lipinski definition) is 1. The molecule has 2 fully saturated rings. The van der Waals surface area contributed by atoms with Gasteiger partial charge in [-0.25, -0.2) is 0 Å². The number of piperidine rings is 2. The number of likely N-dealkylation sites (tertiary alicyclic amines) is 1. The number of hydrogen-bond acceptors (Lipinski definition) is 2. The molecule has 0 aromatic heterocycles. The average molecular weight is 252 g/mol. The topological polar surface area (TPSA) is 32.3 Å². The van der Waals surface area contributed by atoms with Gasteiger partial charge >= 0.3 is 0 Å². The van der Waals surface area contributed by atoms with Gasteiger partial charge in [-0.05, 0) is 56.5 Å². The van der Waals surface area contributed by atoms with Gasteiger partial charge in [0.15, 0.2) is 0 Å². The first-order valence-corrected chi connectivity index (χ1v) is 7.55. The molecule has 0 aliphatic carbocycles. The average Bonchev–Trinajstić information content (AvgIpc) is 2.36. The van der Waals surface area contributed by atoms with Crippen molar-refractivity contribution in [3.63, 3.8) is 0 Å². The molecule has 18 heavy (non-hydrogen) atoms. The lowest BCUT2D eigenvalue weighted by Crippen LogP contribution is -2.43. The maximum Gasteiger partial charge on any atom is 0.222 e. The molecule has 1 atom stereocenters. The summed E-state index contributed by atoms with van der Waals surface area (Å²) in [6.07, 6.45) is 6.82. The minimum absolute atomic E-state index is 0.320. The summed E-state index contributed by atoms with van der Waals surface area (Å²) in [6.45, 7) is 8.75. The zero-order valence-electron chi connectivity index (χ0n) is 12.0. The third-order valence-electron chi connectivity index (χ3n) is 4.42. The number of nitrogens with one attached hydrogen (secondary N) is 1. The fraction of sp³-hybridized carbons (Fsp3) is 0.933. The fourth-order valence-corrected chi connectivity index (χ4v) is 3.29.